The molecule has 4 aliphatic rings. The molecule has 0 radical (unpaired) electrons. The number of ketones is 1. The number of carbonyl (C=O) groups is 1. The Labute approximate surface area is 221 Å². The summed E-state index contributed by atoms with van der Waals surface area (Å²) < 4.78 is 43.9. The van der Waals surface area contributed by atoms with Gasteiger partial charge in [-0.15, -0.1) is 0 Å². The van der Waals surface area contributed by atoms with E-state index < -0.39 is 21.8 Å². The minimum absolute atomic E-state index is 0.00187. The molecule has 0 aromatic heterocycles. The standard InChI is InChI=1S/C28H38O6SSe/c1-5-32-25-15-21-26(29)22(36-19-11-7-6-8-12-19)16-23-27(3)13-9-10-18(2)20(27)14-24(34-25)28(21,23)17-33-35(4,30)31/h6-12,18,20-25H,5,13-17H2,1-4H3/t18-,20+,21+,22+,23-,24-,25+,27+,28+/m1/s1. The molecule has 1 saturated heterocycles. The number of carbonyl (C=O) groups excluding carboxylic acids is 1. The Morgan fingerprint density at radius 2 is 1.92 bits per heavy atom. The third-order valence-corrected chi connectivity index (χ3v) is 12.6. The average molecular weight is 582 g/mol. The first-order chi connectivity index (χ1) is 17.1. The van der Waals surface area contributed by atoms with Crippen LogP contribution < -0.4 is 4.46 Å². The van der Waals surface area contributed by atoms with Crippen molar-refractivity contribution < 1.29 is 26.9 Å². The molecule has 0 spiro atoms. The summed E-state index contributed by atoms with van der Waals surface area (Å²) in [4.78, 5) is 14.2. The number of fused-ring (bicyclic) bond motifs is 2. The van der Waals surface area contributed by atoms with E-state index in [2.05, 4.69) is 38.1 Å². The first-order valence-electron chi connectivity index (χ1n) is 13.1. The molecule has 8 heteroatoms. The molecule has 198 valence electrons. The van der Waals surface area contributed by atoms with Crippen LogP contribution in [0.2, 0.25) is 4.82 Å². The number of allylic oxidation sites excluding steroid dienone is 2. The van der Waals surface area contributed by atoms with Gasteiger partial charge in [-0.05, 0) is 0 Å². The zero-order chi connectivity index (χ0) is 25.7. The molecule has 3 fully saturated rings. The van der Waals surface area contributed by atoms with Gasteiger partial charge in [0.15, 0.2) is 0 Å². The number of rotatable bonds is 7. The Balaban J connectivity index is 1.62. The molecule has 2 saturated carbocycles. The fraction of sp³-hybridized carbons (Fsp3) is 0.679. The summed E-state index contributed by atoms with van der Waals surface area (Å²) in [6.45, 7) is 7.10. The van der Waals surface area contributed by atoms with Gasteiger partial charge in [-0.25, -0.2) is 0 Å². The molecular weight excluding hydrogens is 543 g/mol. The fourth-order valence-corrected chi connectivity index (χ4v) is 10.8. The van der Waals surface area contributed by atoms with Crippen LogP contribution in [0.5, 0.6) is 0 Å². The zero-order valence-electron chi connectivity index (χ0n) is 21.6. The van der Waals surface area contributed by atoms with Crippen molar-refractivity contribution in [1.29, 1.82) is 0 Å². The van der Waals surface area contributed by atoms with Gasteiger partial charge in [0.25, 0.3) is 0 Å². The molecule has 3 aliphatic carbocycles. The molecule has 0 N–H and O–H groups in total. The van der Waals surface area contributed by atoms with Gasteiger partial charge in [-0.1, -0.05) is 0 Å². The Bertz CT molecular complexity index is 1110. The third-order valence-electron chi connectivity index (χ3n) is 9.39. The SMILES string of the molecule is CCO[C@@H]1C[C@H]2C(=O)[C@@H]([Se]c3ccccc3)C[C@@H]3[C@@]4(C)CC=C[C@@H](C)[C@@H]4C[C@@H](O1)[C@]32COS(C)(=O)=O. The van der Waals surface area contributed by atoms with E-state index in [0.717, 1.165) is 25.5 Å². The van der Waals surface area contributed by atoms with Crippen molar-refractivity contribution in [2.75, 3.05) is 19.5 Å². The molecule has 0 amide bonds. The van der Waals surface area contributed by atoms with Crippen LogP contribution in [0.1, 0.15) is 46.5 Å². The summed E-state index contributed by atoms with van der Waals surface area (Å²) in [5.74, 6) is 0.795. The summed E-state index contributed by atoms with van der Waals surface area (Å²) in [7, 11) is -3.68. The van der Waals surface area contributed by atoms with Crippen molar-refractivity contribution >= 4 is 35.3 Å². The van der Waals surface area contributed by atoms with Gasteiger partial charge >= 0.3 is 222 Å². The van der Waals surface area contributed by atoms with E-state index in [1.807, 2.05) is 25.1 Å². The van der Waals surface area contributed by atoms with Gasteiger partial charge < -0.3 is 0 Å². The summed E-state index contributed by atoms with van der Waals surface area (Å²) in [5.41, 5.74) is -0.732. The van der Waals surface area contributed by atoms with Gasteiger partial charge in [0.2, 0.25) is 0 Å². The molecule has 1 aliphatic heterocycles. The number of ether oxygens (including phenoxy) is 2. The van der Waals surface area contributed by atoms with Crippen LogP contribution in [0.3, 0.4) is 0 Å². The predicted molar refractivity (Wildman–Crippen MR) is 139 cm³/mol. The van der Waals surface area contributed by atoms with E-state index in [-0.39, 0.29) is 55.5 Å². The minimum atomic E-state index is -3.68. The van der Waals surface area contributed by atoms with Crippen LogP contribution in [-0.2, 0) is 28.6 Å². The van der Waals surface area contributed by atoms with Crippen molar-refractivity contribution in [1.82, 2.24) is 0 Å². The van der Waals surface area contributed by atoms with Crippen LogP contribution >= 0.6 is 0 Å². The fourth-order valence-electron chi connectivity index (χ4n) is 7.89. The molecule has 1 aromatic carbocycles. The van der Waals surface area contributed by atoms with E-state index >= 15 is 0 Å². The van der Waals surface area contributed by atoms with Crippen LogP contribution in [0.25, 0.3) is 0 Å². The van der Waals surface area contributed by atoms with Crippen molar-refractivity contribution in [2.24, 2.45) is 34.5 Å². The molecule has 1 heterocycles. The van der Waals surface area contributed by atoms with E-state index in [4.69, 9.17) is 13.7 Å². The second kappa shape index (κ2) is 9.94. The maximum atomic E-state index is 14.3. The molecule has 5 rings (SSSR count). The second-order valence-corrected chi connectivity index (χ2v) is 15.6. The molecular formula is C28H38O6SSe. The molecule has 36 heavy (non-hydrogen) atoms. The van der Waals surface area contributed by atoms with Gasteiger partial charge in [0.1, 0.15) is 0 Å². The average Bonchev–Trinajstić information content (AvgIpc) is 2.82. The zero-order valence-corrected chi connectivity index (χ0v) is 24.1. The number of benzene rings is 1. The Morgan fingerprint density at radius 1 is 1.17 bits per heavy atom. The normalized spacial score (nSPS) is 42.0. The molecule has 0 bridgehead atoms. The van der Waals surface area contributed by atoms with E-state index in [1.54, 1.807) is 0 Å². The van der Waals surface area contributed by atoms with Gasteiger partial charge in [0.05, 0.1) is 0 Å². The van der Waals surface area contributed by atoms with Crippen molar-refractivity contribution in [3.8, 4) is 0 Å². The van der Waals surface area contributed by atoms with E-state index in [9.17, 15) is 13.2 Å². The van der Waals surface area contributed by atoms with Crippen LogP contribution in [0.15, 0.2) is 42.5 Å². The van der Waals surface area contributed by atoms with Crippen molar-refractivity contribution in [3.63, 3.8) is 0 Å². The predicted octanol–water partition coefficient (Wildman–Crippen LogP) is 3.75. The van der Waals surface area contributed by atoms with Crippen molar-refractivity contribution in [3.05, 3.63) is 42.5 Å². The second-order valence-electron chi connectivity index (χ2n) is 11.3. The quantitative estimate of drug-likeness (QED) is 0.277. The summed E-state index contributed by atoms with van der Waals surface area (Å²) >= 11 is -0.00344. The van der Waals surface area contributed by atoms with Crippen LogP contribution in [0.4, 0.5) is 0 Å². The molecule has 6 nitrogen and oxygen atoms in total. The summed E-state index contributed by atoms with van der Waals surface area (Å²) in [6, 6.07) is 10.3. The third kappa shape index (κ3) is 4.56. The Kier molecular flexibility index (Phi) is 7.34. The van der Waals surface area contributed by atoms with Gasteiger partial charge in [0, 0.05) is 0 Å². The summed E-state index contributed by atoms with van der Waals surface area (Å²) in [5, 5.41) is 0. The number of Topliss-reactive ketones (excluding diaryl/α,β-unsaturated/α-hetero) is 1. The van der Waals surface area contributed by atoms with E-state index in [1.165, 1.54) is 4.46 Å². The number of hydrogen-bond acceptors (Lipinski definition) is 6. The molecule has 9 atom stereocenters. The summed E-state index contributed by atoms with van der Waals surface area (Å²) in [6.07, 6.45) is 7.90. The van der Waals surface area contributed by atoms with Gasteiger partial charge in [-0.2, -0.15) is 0 Å². The Morgan fingerprint density at radius 3 is 2.61 bits per heavy atom. The van der Waals surface area contributed by atoms with Gasteiger partial charge in [-0.3, -0.25) is 0 Å². The first-order valence-corrected chi connectivity index (χ1v) is 16.8. The monoisotopic (exact) mass is 582 g/mol. The Hall–Kier alpha value is -1.02. The van der Waals surface area contributed by atoms with Crippen LogP contribution in [-0.4, -0.2) is 61.0 Å². The number of hydrogen-bond donors (Lipinski definition) is 0. The molecule has 0 unspecified atom stereocenters. The first kappa shape index (κ1) is 26.6. The van der Waals surface area contributed by atoms with Crippen LogP contribution in [0, 0.1) is 34.5 Å². The van der Waals surface area contributed by atoms with E-state index in [0.29, 0.717) is 24.9 Å². The van der Waals surface area contributed by atoms with Crippen molar-refractivity contribution in [2.45, 2.75) is 63.7 Å². The topological polar surface area (TPSA) is 78.9 Å². The maximum absolute atomic E-state index is 14.3. The molecule has 1 aromatic rings.